The van der Waals surface area contributed by atoms with Gasteiger partial charge in [0.1, 0.15) is 23.8 Å². The zero-order valence-electron chi connectivity index (χ0n) is 17.5. The molecule has 5 aromatic rings. The summed E-state index contributed by atoms with van der Waals surface area (Å²) in [5.41, 5.74) is 0.792. The van der Waals surface area contributed by atoms with E-state index in [1.54, 1.807) is 54.6 Å². The topological polar surface area (TPSA) is 78.9 Å². The normalized spacial score (nSPS) is 11.1. The molecule has 33 heavy (non-hydrogen) atoms. The zero-order chi connectivity index (χ0) is 22.9. The number of methoxy groups -OCH3 is 1. The van der Waals surface area contributed by atoms with Crippen LogP contribution in [0, 0.1) is 5.82 Å². The van der Waals surface area contributed by atoms with Crippen molar-refractivity contribution in [3.05, 3.63) is 105 Å². The molecular weight excluding hydrogens is 427 g/mol. The van der Waals surface area contributed by atoms with Crippen molar-refractivity contribution in [3.8, 4) is 22.6 Å². The Labute approximate surface area is 186 Å². The molecule has 0 amide bonds. The molecule has 3 aromatic carbocycles. The number of hydrogen-bond acceptors (Lipinski definition) is 6. The van der Waals surface area contributed by atoms with Crippen LogP contribution in [0.1, 0.15) is 5.56 Å². The molecule has 5 rings (SSSR count). The van der Waals surface area contributed by atoms with Gasteiger partial charge in [-0.2, -0.15) is 0 Å². The van der Waals surface area contributed by atoms with Crippen LogP contribution >= 0.6 is 0 Å². The van der Waals surface area contributed by atoms with E-state index in [-0.39, 0.29) is 23.6 Å². The molecule has 0 atom stereocenters. The molecule has 2 aromatic heterocycles. The van der Waals surface area contributed by atoms with Crippen LogP contribution < -0.4 is 20.7 Å². The molecule has 0 unspecified atom stereocenters. The third-order valence-electron chi connectivity index (χ3n) is 5.27. The molecule has 0 radical (unpaired) electrons. The molecular formula is C26H17FO6. The van der Waals surface area contributed by atoms with Crippen LogP contribution in [0.2, 0.25) is 0 Å². The van der Waals surface area contributed by atoms with Crippen molar-refractivity contribution >= 4 is 21.9 Å². The Kier molecular flexibility index (Phi) is 5.14. The van der Waals surface area contributed by atoms with Gasteiger partial charge in [-0.3, -0.25) is 0 Å². The van der Waals surface area contributed by atoms with Gasteiger partial charge in [-0.25, -0.2) is 14.0 Å². The Bertz CT molecular complexity index is 1600. The van der Waals surface area contributed by atoms with Gasteiger partial charge >= 0.3 is 11.3 Å². The minimum atomic E-state index is -0.613. The predicted octanol–water partition coefficient (Wildman–Crippen LogP) is 5.29. The minimum absolute atomic E-state index is 0.214. The first-order valence-corrected chi connectivity index (χ1v) is 10.1. The van der Waals surface area contributed by atoms with Crippen LogP contribution in [-0.4, -0.2) is 7.11 Å². The summed E-state index contributed by atoms with van der Waals surface area (Å²) < 4.78 is 35.0. The predicted molar refractivity (Wildman–Crippen MR) is 121 cm³/mol. The van der Waals surface area contributed by atoms with Crippen molar-refractivity contribution in [2.24, 2.45) is 0 Å². The highest BCUT2D eigenvalue weighted by molar-refractivity contribution is 5.96. The van der Waals surface area contributed by atoms with E-state index < -0.39 is 11.3 Å². The Balaban J connectivity index is 1.56. The second-order valence-corrected chi connectivity index (χ2v) is 7.38. The lowest BCUT2D eigenvalue weighted by molar-refractivity contribution is 0.306. The van der Waals surface area contributed by atoms with E-state index >= 15 is 0 Å². The molecule has 0 bridgehead atoms. The molecule has 164 valence electrons. The molecule has 0 aliphatic carbocycles. The van der Waals surface area contributed by atoms with Gasteiger partial charge in [-0.05, 0) is 42.0 Å². The third-order valence-corrected chi connectivity index (χ3v) is 5.27. The van der Waals surface area contributed by atoms with Gasteiger partial charge in [0.25, 0.3) is 0 Å². The standard InChI is InChI=1S/C26H17FO6/c1-30-22-4-2-3-16-11-21(26(29)33-25(16)22)20-13-24(28)32-23-12-18(9-10-19(20)23)31-14-15-5-7-17(27)8-6-15/h2-13H,14H2,1H3. The van der Waals surface area contributed by atoms with E-state index in [2.05, 4.69) is 0 Å². The second-order valence-electron chi connectivity index (χ2n) is 7.38. The van der Waals surface area contributed by atoms with Crippen molar-refractivity contribution in [3.63, 3.8) is 0 Å². The fraction of sp³-hybridized carbons (Fsp3) is 0.0769. The molecule has 0 N–H and O–H groups in total. The highest BCUT2D eigenvalue weighted by atomic mass is 19.1. The Morgan fingerprint density at radius 2 is 1.70 bits per heavy atom. The summed E-state index contributed by atoms with van der Waals surface area (Å²) in [6, 6.07) is 19.2. The molecule has 0 aliphatic heterocycles. The summed E-state index contributed by atoms with van der Waals surface area (Å²) in [5, 5.41) is 1.21. The summed E-state index contributed by atoms with van der Waals surface area (Å²) in [6.45, 7) is 0.214. The van der Waals surface area contributed by atoms with E-state index in [4.69, 9.17) is 18.3 Å². The zero-order valence-corrected chi connectivity index (χ0v) is 17.5. The number of para-hydroxylation sites is 1. The van der Waals surface area contributed by atoms with Crippen molar-refractivity contribution in [1.29, 1.82) is 0 Å². The van der Waals surface area contributed by atoms with Crippen LogP contribution in [0.15, 0.2) is 91.2 Å². The van der Waals surface area contributed by atoms with Gasteiger partial charge in [-0.1, -0.05) is 24.3 Å². The molecule has 7 heteroatoms. The van der Waals surface area contributed by atoms with Crippen LogP contribution in [0.3, 0.4) is 0 Å². The van der Waals surface area contributed by atoms with Crippen LogP contribution in [-0.2, 0) is 6.61 Å². The maximum atomic E-state index is 13.1. The maximum absolute atomic E-state index is 13.1. The highest BCUT2D eigenvalue weighted by Gasteiger charge is 2.16. The van der Waals surface area contributed by atoms with E-state index in [0.717, 1.165) is 5.56 Å². The summed E-state index contributed by atoms with van der Waals surface area (Å²) in [5.74, 6) is 0.578. The first-order chi connectivity index (χ1) is 16.0. The molecule has 0 fully saturated rings. The lowest BCUT2D eigenvalue weighted by Crippen LogP contribution is -2.07. The number of ether oxygens (including phenoxy) is 2. The van der Waals surface area contributed by atoms with Gasteiger partial charge < -0.3 is 18.3 Å². The number of rotatable bonds is 5. The summed E-state index contributed by atoms with van der Waals surface area (Å²) in [6.07, 6.45) is 0. The summed E-state index contributed by atoms with van der Waals surface area (Å²) in [4.78, 5) is 25.1. The largest absolute Gasteiger partial charge is 0.493 e. The highest BCUT2D eigenvalue weighted by Crippen LogP contribution is 2.31. The second kappa shape index (κ2) is 8.27. The Hall–Kier alpha value is -4.39. The van der Waals surface area contributed by atoms with Gasteiger partial charge in [0.15, 0.2) is 11.3 Å². The van der Waals surface area contributed by atoms with Crippen LogP contribution in [0.25, 0.3) is 33.1 Å². The number of halogens is 1. The first kappa shape index (κ1) is 20.5. The van der Waals surface area contributed by atoms with Crippen molar-refractivity contribution in [1.82, 2.24) is 0 Å². The van der Waals surface area contributed by atoms with Crippen LogP contribution in [0.4, 0.5) is 4.39 Å². The SMILES string of the molecule is COc1cccc2cc(-c3cc(=O)oc4cc(OCc5ccc(F)cc5)ccc34)c(=O)oc12. The average molecular weight is 444 g/mol. The van der Waals surface area contributed by atoms with Crippen LogP contribution in [0.5, 0.6) is 11.5 Å². The number of benzene rings is 3. The Morgan fingerprint density at radius 3 is 2.48 bits per heavy atom. The monoisotopic (exact) mass is 444 g/mol. The fourth-order valence-corrected chi connectivity index (χ4v) is 3.67. The van der Waals surface area contributed by atoms with Crippen molar-refractivity contribution < 1.29 is 22.7 Å². The van der Waals surface area contributed by atoms with Gasteiger partial charge in [0.05, 0.1) is 12.7 Å². The molecule has 2 heterocycles. The van der Waals surface area contributed by atoms with Crippen molar-refractivity contribution in [2.45, 2.75) is 6.61 Å². The lowest BCUT2D eigenvalue weighted by Gasteiger charge is -2.10. The van der Waals surface area contributed by atoms with E-state index in [1.807, 2.05) is 0 Å². The molecule has 6 nitrogen and oxygen atoms in total. The van der Waals surface area contributed by atoms with Gasteiger partial charge in [0, 0.05) is 28.5 Å². The molecule has 0 aliphatic rings. The third kappa shape index (κ3) is 3.96. The molecule has 0 saturated carbocycles. The first-order valence-electron chi connectivity index (χ1n) is 10.1. The van der Waals surface area contributed by atoms with E-state index in [1.165, 1.54) is 25.3 Å². The maximum Gasteiger partial charge on any atom is 0.344 e. The quantitative estimate of drug-likeness (QED) is 0.343. The molecule has 0 saturated heterocycles. The van der Waals surface area contributed by atoms with Gasteiger partial charge in [-0.15, -0.1) is 0 Å². The average Bonchev–Trinajstić information content (AvgIpc) is 2.82. The molecule has 0 spiro atoms. The van der Waals surface area contributed by atoms with E-state index in [9.17, 15) is 14.0 Å². The number of hydrogen-bond donors (Lipinski definition) is 0. The smallest absolute Gasteiger partial charge is 0.344 e. The lowest BCUT2D eigenvalue weighted by atomic mass is 10.0. The number of fused-ring (bicyclic) bond motifs is 2. The summed E-state index contributed by atoms with van der Waals surface area (Å²) in [7, 11) is 1.49. The van der Waals surface area contributed by atoms with Crippen molar-refractivity contribution in [2.75, 3.05) is 7.11 Å². The van der Waals surface area contributed by atoms with Gasteiger partial charge in [0.2, 0.25) is 0 Å². The van der Waals surface area contributed by atoms with E-state index in [0.29, 0.717) is 33.4 Å². The summed E-state index contributed by atoms with van der Waals surface area (Å²) >= 11 is 0. The minimum Gasteiger partial charge on any atom is -0.493 e. The Morgan fingerprint density at radius 1 is 0.879 bits per heavy atom. The fourth-order valence-electron chi connectivity index (χ4n) is 3.67.